The van der Waals surface area contributed by atoms with Crippen LogP contribution >= 0.6 is 0 Å². The molecule has 0 aromatic rings. The minimum atomic E-state index is -1.03. The number of unbranched alkanes of at least 4 members (excludes halogenated alkanes) is 18. The largest absolute Gasteiger partial charge is 0.480 e. The lowest BCUT2D eigenvalue weighted by atomic mass is 10.1. The normalized spacial score (nSPS) is 12.4. The van der Waals surface area contributed by atoms with Gasteiger partial charge in [-0.2, -0.15) is 0 Å². The summed E-state index contributed by atoms with van der Waals surface area (Å²) >= 11 is 0. The zero-order valence-electron chi connectivity index (χ0n) is 29.2. The number of carbonyl (C=O) groups is 3. The first-order chi connectivity index (χ1) is 22.0. The third-order valence-corrected chi connectivity index (χ3v) is 8.02. The summed E-state index contributed by atoms with van der Waals surface area (Å²) in [6.07, 6.45) is 41.3. The molecule has 0 aliphatic heterocycles. The molecule has 1 atom stereocenters. The molecule has 2 N–H and O–H groups in total. The van der Waals surface area contributed by atoms with Crippen molar-refractivity contribution in [2.24, 2.45) is 0 Å². The monoisotopic (exact) mass is 632 g/mol. The third-order valence-electron chi connectivity index (χ3n) is 8.02. The molecule has 0 aliphatic rings. The van der Waals surface area contributed by atoms with Gasteiger partial charge in [0.05, 0.1) is 0 Å². The minimum Gasteiger partial charge on any atom is -0.480 e. The van der Waals surface area contributed by atoms with Crippen LogP contribution in [0.3, 0.4) is 0 Å². The van der Waals surface area contributed by atoms with Crippen LogP contribution < -0.4 is 5.32 Å². The Morgan fingerprint density at radius 1 is 0.600 bits per heavy atom. The molecule has 0 saturated carbocycles. The highest BCUT2D eigenvalue weighted by atomic mass is 16.5. The first-order valence-corrected chi connectivity index (χ1v) is 18.6. The number of hydrogen-bond acceptors (Lipinski definition) is 4. The maximum absolute atomic E-state index is 12.6. The summed E-state index contributed by atoms with van der Waals surface area (Å²) in [5, 5.41) is 11.0. The highest BCUT2D eigenvalue weighted by Gasteiger charge is 2.11. The van der Waals surface area contributed by atoms with E-state index in [0.29, 0.717) is 12.8 Å². The predicted molar refractivity (Wildman–Crippen MR) is 189 cm³/mol. The van der Waals surface area contributed by atoms with Crippen molar-refractivity contribution in [1.82, 2.24) is 5.32 Å². The molecule has 0 fully saturated rings. The van der Waals surface area contributed by atoms with E-state index in [0.717, 1.165) is 64.2 Å². The Labute approximate surface area is 276 Å². The Hall–Kier alpha value is -2.37. The summed E-state index contributed by atoms with van der Waals surface area (Å²) in [5.41, 5.74) is 0. The van der Waals surface area contributed by atoms with E-state index in [-0.39, 0.29) is 24.5 Å². The molecule has 0 heterocycles. The first kappa shape index (κ1) is 42.6. The molecular weight excluding hydrogens is 562 g/mol. The van der Waals surface area contributed by atoms with Gasteiger partial charge < -0.3 is 15.2 Å². The molecule has 45 heavy (non-hydrogen) atoms. The second-order valence-corrected chi connectivity index (χ2v) is 12.5. The van der Waals surface area contributed by atoms with E-state index in [1.807, 2.05) is 6.08 Å². The van der Waals surface area contributed by atoms with Crippen LogP contribution in [0.1, 0.15) is 181 Å². The van der Waals surface area contributed by atoms with Crippen molar-refractivity contribution in [3.8, 4) is 0 Å². The van der Waals surface area contributed by atoms with Crippen LogP contribution in [0.15, 0.2) is 36.5 Å². The maximum Gasteiger partial charge on any atom is 0.322 e. The van der Waals surface area contributed by atoms with Gasteiger partial charge in [-0.05, 0) is 76.7 Å². The number of hydrogen-bond donors (Lipinski definition) is 2. The van der Waals surface area contributed by atoms with Crippen LogP contribution in [0.4, 0.5) is 0 Å². The zero-order valence-corrected chi connectivity index (χ0v) is 29.2. The van der Waals surface area contributed by atoms with Gasteiger partial charge in [-0.3, -0.25) is 14.4 Å². The van der Waals surface area contributed by atoms with Gasteiger partial charge in [-0.25, -0.2) is 0 Å². The third kappa shape index (κ3) is 34.3. The molecule has 6 nitrogen and oxygen atoms in total. The minimum absolute atomic E-state index is 0.108. The molecule has 0 aromatic heterocycles. The Kier molecular flexibility index (Phi) is 32.7. The number of allylic oxidation sites excluding steroid dienone is 5. The summed E-state index contributed by atoms with van der Waals surface area (Å²) in [7, 11) is 0. The molecule has 1 amide bonds. The molecule has 0 bridgehead atoms. The van der Waals surface area contributed by atoms with E-state index in [2.05, 4.69) is 49.5 Å². The van der Waals surface area contributed by atoms with Crippen molar-refractivity contribution in [3.63, 3.8) is 0 Å². The molecule has 0 aliphatic carbocycles. The summed E-state index contributed by atoms with van der Waals surface area (Å²) in [6.45, 7) is 4.16. The maximum atomic E-state index is 12.6. The lowest BCUT2D eigenvalue weighted by molar-refractivity contribution is -0.147. The van der Waals surface area contributed by atoms with Gasteiger partial charge in [0.1, 0.15) is 12.6 Å². The number of carbonyl (C=O) groups excluding carboxylic acids is 2. The second-order valence-electron chi connectivity index (χ2n) is 12.5. The van der Waals surface area contributed by atoms with Crippen molar-refractivity contribution >= 4 is 17.8 Å². The van der Waals surface area contributed by atoms with Gasteiger partial charge in [0.15, 0.2) is 0 Å². The van der Waals surface area contributed by atoms with Crippen LogP contribution in [0, 0.1) is 0 Å². The van der Waals surface area contributed by atoms with Gasteiger partial charge in [0, 0.05) is 12.8 Å². The van der Waals surface area contributed by atoms with Crippen molar-refractivity contribution in [3.05, 3.63) is 36.5 Å². The number of ether oxygens (including phenoxy) is 1. The fraction of sp³-hybridized carbons (Fsp3) is 0.769. The van der Waals surface area contributed by atoms with Crippen molar-refractivity contribution in [2.45, 2.75) is 187 Å². The number of carboxylic acids is 1. The van der Waals surface area contributed by atoms with E-state index in [1.165, 1.54) is 89.9 Å². The van der Waals surface area contributed by atoms with Crippen molar-refractivity contribution < 1.29 is 24.2 Å². The standard InChI is InChI=1S/C39H69NO5/c1-3-5-7-9-11-13-14-15-16-17-18-20-22-24-30-34-39(44)45-36(31-27-23-21-19-12-10-8-6-4-2)32-28-25-26-29-33-37(41)40-35-38(42)43/h15-16,19,21,27,31,36H,3-14,17-18,20,22-26,28-30,32-35H2,1-2H3,(H,40,41)(H,42,43)/b16-15-,21-19-,31-27-. The highest BCUT2D eigenvalue weighted by Crippen LogP contribution is 2.15. The van der Waals surface area contributed by atoms with Crippen LogP contribution in [0.5, 0.6) is 0 Å². The number of rotatable bonds is 33. The molecule has 0 aromatic carbocycles. The average molecular weight is 632 g/mol. The second kappa shape index (κ2) is 34.5. The van der Waals surface area contributed by atoms with Crippen molar-refractivity contribution in [1.29, 1.82) is 0 Å². The Bertz CT molecular complexity index is 788. The van der Waals surface area contributed by atoms with E-state index in [1.54, 1.807) is 0 Å². The van der Waals surface area contributed by atoms with Gasteiger partial charge in [-0.1, -0.05) is 128 Å². The number of amides is 1. The molecule has 0 rings (SSSR count). The van der Waals surface area contributed by atoms with Crippen LogP contribution in [0.25, 0.3) is 0 Å². The molecule has 260 valence electrons. The number of esters is 1. The summed E-state index contributed by atoms with van der Waals surface area (Å²) in [5.74, 6) is -1.36. The predicted octanol–water partition coefficient (Wildman–Crippen LogP) is 10.9. The van der Waals surface area contributed by atoms with Gasteiger partial charge in [-0.15, -0.1) is 0 Å². The fourth-order valence-corrected chi connectivity index (χ4v) is 5.22. The van der Waals surface area contributed by atoms with Gasteiger partial charge in [0.25, 0.3) is 0 Å². The summed E-state index contributed by atoms with van der Waals surface area (Å²) in [4.78, 5) is 34.8. The average Bonchev–Trinajstić information content (AvgIpc) is 3.02. The SMILES string of the molecule is CCCCCC/C=C\C/C=C\C(CCCCCCC(=O)NCC(=O)O)OC(=O)CCCCCCC/C=C\CCCCCCCC. The number of aliphatic carboxylic acids is 1. The lowest BCUT2D eigenvalue weighted by Gasteiger charge is -2.14. The quantitative estimate of drug-likeness (QED) is 0.0427. The molecule has 0 saturated heterocycles. The van der Waals surface area contributed by atoms with E-state index in [9.17, 15) is 14.4 Å². The smallest absolute Gasteiger partial charge is 0.322 e. The molecule has 6 heteroatoms. The molecule has 0 spiro atoms. The Balaban J connectivity index is 4.22. The van der Waals surface area contributed by atoms with Crippen LogP contribution in [0.2, 0.25) is 0 Å². The summed E-state index contributed by atoms with van der Waals surface area (Å²) in [6, 6.07) is 0. The van der Waals surface area contributed by atoms with Crippen LogP contribution in [-0.4, -0.2) is 35.6 Å². The Morgan fingerprint density at radius 3 is 1.69 bits per heavy atom. The van der Waals surface area contributed by atoms with Crippen LogP contribution in [-0.2, 0) is 19.1 Å². The zero-order chi connectivity index (χ0) is 33.1. The molecular formula is C39H69NO5. The topological polar surface area (TPSA) is 92.7 Å². The first-order valence-electron chi connectivity index (χ1n) is 18.6. The Morgan fingerprint density at radius 2 is 1.09 bits per heavy atom. The van der Waals surface area contributed by atoms with Gasteiger partial charge in [0.2, 0.25) is 5.91 Å². The lowest BCUT2D eigenvalue weighted by Crippen LogP contribution is -2.28. The molecule has 0 radical (unpaired) electrons. The van der Waals surface area contributed by atoms with E-state index >= 15 is 0 Å². The van der Waals surface area contributed by atoms with E-state index in [4.69, 9.17) is 9.84 Å². The van der Waals surface area contributed by atoms with E-state index < -0.39 is 5.97 Å². The molecule has 1 unspecified atom stereocenters. The summed E-state index contributed by atoms with van der Waals surface area (Å²) < 4.78 is 5.86. The fourth-order valence-electron chi connectivity index (χ4n) is 5.22. The van der Waals surface area contributed by atoms with Crippen molar-refractivity contribution in [2.75, 3.05) is 6.54 Å². The number of carboxylic acid groups (broad SMARTS) is 1. The highest BCUT2D eigenvalue weighted by molar-refractivity contribution is 5.80. The number of nitrogens with one attached hydrogen (secondary N) is 1. The van der Waals surface area contributed by atoms with Gasteiger partial charge >= 0.3 is 11.9 Å².